The van der Waals surface area contributed by atoms with Crippen molar-refractivity contribution in [3.63, 3.8) is 0 Å². The van der Waals surface area contributed by atoms with E-state index >= 15 is 0 Å². The summed E-state index contributed by atoms with van der Waals surface area (Å²) in [6.45, 7) is 6.84. The smallest absolute Gasteiger partial charge is 0.252 e. The summed E-state index contributed by atoms with van der Waals surface area (Å²) >= 11 is 0. The van der Waals surface area contributed by atoms with Crippen LogP contribution in [0, 0.1) is 0 Å². The molecule has 0 aliphatic heterocycles. The first kappa shape index (κ1) is 12.7. The van der Waals surface area contributed by atoms with Crippen LogP contribution < -0.4 is 16.2 Å². The Hall–Kier alpha value is -1.36. The van der Waals surface area contributed by atoms with Crippen molar-refractivity contribution >= 4 is 5.82 Å². The SMILES string of the molecule is CCNCCCNc1cc(=O)[nH]c(CC)n1. The molecular weight excluding hydrogens is 204 g/mol. The Morgan fingerprint density at radius 1 is 1.38 bits per heavy atom. The van der Waals surface area contributed by atoms with Crippen molar-refractivity contribution in [2.24, 2.45) is 0 Å². The molecule has 5 nitrogen and oxygen atoms in total. The van der Waals surface area contributed by atoms with Crippen LogP contribution in [0.1, 0.15) is 26.1 Å². The molecule has 0 saturated heterocycles. The van der Waals surface area contributed by atoms with E-state index in [-0.39, 0.29) is 5.56 Å². The van der Waals surface area contributed by atoms with Crippen molar-refractivity contribution in [2.75, 3.05) is 25.0 Å². The third kappa shape index (κ3) is 4.44. The van der Waals surface area contributed by atoms with Crippen LogP contribution in [0.15, 0.2) is 10.9 Å². The Kier molecular flexibility index (Phi) is 5.56. The number of nitrogens with one attached hydrogen (secondary N) is 3. The molecule has 1 aromatic heterocycles. The lowest BCUT2D eigenvalue weighted by Crippen LogP contribution is -2.18. The molecule has 0 aliphatic carbocycles. The normalized spacial score (nSPS) is 10.4. The van der Waals surface area contributed by atoms with Crippen molar-refractivity contribution in [3.05, 3.63) is 22.2 Å². The second kappa shape index (κ2) is 7.00. The summed E-state index contributed by atoms with van der Waals surface area (Å²) in [5.41, 5.74) is -0.0963. The second-order valence-electron chi connectivity index (χ2n) is 3.56. The minimum Gasteiger partial charge on any atom is -0.370 e. The highest BCUT2D eigenvalue weighted by Gasteiger charge is 1.98. The Morgan fingerprint density at radius 3 is 2.88 bits per heavy atom. The van der Waals surface area contributed by atoms with E-state index in [0.29, 0.717) is 5.82 Å². The van der Waals surface area contributed by atoms with Crippen LogP contribution in [0.5, 0.6) is 0 Å². The van der Waals surface area contributed by atoms with Gasteiger partial charge in [0.25, 0.3) is 5.56 Å². The first-order chi connectivity index (χ1) is 7.76. The molecule has 1 aromatic rings. The fourth-order valence-electron chi connectivity index (χ4n) is 1.37. The molecule has 0 aromatic carbocycles. The van der Waals surface area contributed by atoms with Gasteiger partial charge in [0, 0.05) is 19.0 Å². The minimum atomic E-state index is -0.0963. The van der Waals surface area contributed by atoms with E-state index in [1.54, 1.807) is 0 Å². The molecule has 1 heterocycles. The lowest BCUT2D eigenvalue weighted by molar-refractivity contribution is 0.687. The van der Waals surface area contributed by atoms with Crippen LogP contribution in [-0.2, 0) is 6.42 Å². The van der Waals surface area contributed by atoms with E-state index in [0.717, 1.165) is 38.3 Å². The summed E-state index contributed by atoms with van der Waals surface area (Å²) in [6.07, 6.45) is 1.76. The van der Waals surface area contributed by atoms with Gasteiger partial charge in [0.05, 0.1) is 0 Å². The third-order valence-corrected chi connectivity index (χ3v) is 2.21. The summed E-state index contributed by atoms with van der Waals surface area (Å²) in [5, 5.41) is 6.39. The monoisotopic (exact) mass is 224 g/mol. The van der Waals surface area contributed by atoms with Gasteiger partial charge >= 0.3 is 0 Å². The van der Waals surface area contributed by atoms with Gasteiger partial charge in [0.1, 0.15) is 11.6 Å². The Labute approximate surface area is 95.7 Å². The lowest BCUT2D eigenvalue weighted by Gasteiger charge is -2.06. The van der Waals surface area contributed by atoms with Crippen molar-refractivity contribution in [2.45, 2.75) is 26.7 Å². The number of rotatable bonds is 7. The summed E-state index contributed by atoms with van der Waals surface area (Å²) < 4.78 is 0. The Balaban J connectivity index is 2.41. The predicted molar refractivity (Wildman–Crippen MR) is 65.9 cm³/mol. The van der Waals surface area contributed by atoms with E-state index in [1.807, 2.05) is 6.92 Å². The van der Waals surface area contributed by atoms with Crippen LogP contribution in [0.25, 0.3) is 0 Å². The zero-order valence-electron chi connectivity index (χ0n) is 9.97. The highest BCUT2D eigenvalue weighted by molar-refractivity contribution is 5.32. The molecule has 0 radical (unpaired) electrons. The number of hydrogen-bond acceptors (Lipinski definition) is 4. The Bertz CT molecular complexity index is 361. The van der Waals surface area contributed by atoms with Gasteiger partial charge in [-0.2, -0.15) is 0 Å². The maximum absolute atomic E-state index is 11.3. The topological polar surface area (TPSA) is 69.8 Å². The molecule has 5 heteroatoms. The first-order valence-electron chi connectivity index (χ1n) is 5.81. The molecule has 3 N–H and O–H groups in total. The van der Waals surface area contributed by atoms with Gasteiger partial charge < -0.3 is 15.6 Å². The number of hydrogen-bond donors (Lipinski definition) is 3. The molecule has 1 rings (SSSR count). The first-order valence-corrected chi connectivity index (χ1v) is 5.81. The fraction of sp³-hybridized carbons (Fsp3) is 0.636. The average molecular weight is 224 g/mol. The summed E-state index contributed by atoms with van der Waals surface area (Å²) in [7, 11) is 0. The summed E-state index contributed by atoms with van der Waals surface area (Å²) in [5.74, 6) is 1.39. The maximum atomic E-state index is 11.3. The van der Waals surface area contributed by atoms with Gasteiger partial charge in [-0.3, -0.25) is 4.79 Å². The number of anilines is 1. The highest BCUT2D eigenvalue weighted by Crippen LogP contribution is 1.98. The van der Waals surface area contributed by atoms with Crippen molar-refractivity contribution in [3.8, 4) is 0 Å². The highest BCUT2D eigenvalue weighted by atomic mass is 16.1. The number of aromatic amines is 1. The summed E-state index contributed by atoms with van der Waals surface area (Å²) in [6, 6.07) is 1.49. The summed E-state index contributed by atoms with van der Waals surface area (Å²) in [4.78, 5) is 18.2. The molecule has 0 saturated carbocycles. The van der Waals surface area contributed by atoms with Crippen LogP contribution in [-0.4, -0.2) is 29.6 Å². The maximum Gasteiger partial charge on any atom is 0.252 e. The zero-order chi connectivity index (χ0) is 11.8. The zero-order valence-corrected chi connectivity index (χ0v) is 9.97. The molecule has 16 heavy (non-hydrogen) atoms. The quantitative estimate of drug-likeness (QED) is 0.598. The molecule has 0 amide bonds. The molecular formula is C11H20N4O. The van der Waals surface area contributed by atoms with Gasteiger partial charge in [0.15, 0.2) is 0 Å². The second-order valence-corrected chi connectivity index (χ2v) is 3.56. The molecule has 0 fully saturated rings. The predicted octanol–water partition coefficient (Wildman–Crippen LogP) is 0.744. The van der Waals surface area contributed by atoms with E-state index in [4.69, 9.17) is 0 Å². The van der Waals surface area contributed by atoms with Gasteiger partial charge in [-0.1, -0.05) is 13.8 Å². The molecule has 0 unspecified atom stereocenters. The van der Waals surface area contributed by atoms with Crippen LogP contribution in [0.4, 0.5) is 5.82 Å². The number of H-pyrrole nitrogens is 1. The molecule has 0 bridgehead atoms. The molecule has 90 valence electrons. The number of aromatic nitrogens is 2. The lowest BCUT2D eigenvalue weighted by atomic mass is 10.4. The van der Waals surface area contributed by atoms with Crippen LogP contribution in [0.2, 0.25) is 0 Å². The van der Waals surface area contributed by atoms with Crippen molar-refractivity contribution in [1.82, 2.24) is 15.3 Å². The number of aryl methyl sites for hydroxylation is 1. The molecule has 0 aliphatic rings. The third-order valence-electron chi connectivity index (χ3n) is 2.21. The van der Waals surface area contributed by atoms with Gasteiger partial charge in [-0.25, -0.2) is 4.98 Å². The van der Waals surface area contributed by atoms with E-state index in [9.17, 15) is 4.79 Å². The minimum absolute atomic E-state index is 0.0963. The van der Waals surface area contributed by atoms with Crippen LogP contribution >= 0.6 is 0 Å². The van der Waals surface area contributed by atoms with Gasteiger partial charge in [-0.15, -0.1) is 0 Å². The molecule has 0 atom stereocenters. The van der Waals surface area contributed by atoms with E-state index < -0.39 is 0 Å². The standard InChI is InChI=1S/C11H20N4O/c1-3-9-14-10(8-11(16)15-9)13-7-5-6-12-4-2/h8,12H,3-7H2,1-2H3,(H2,13,14,15,16). The molecule has 0 spiro atoms. The average Bonchev–Trinajstić information content (AvgIpc) is 2.28. The van der Waals surface area contributed by atoms with Crippen molar-refractivity contribution in [1.29, 1.82) is 0 Å². The number of nitrogens with zero attached hydrogens (tertiary/aromatic N) is 1. The van der Waals surface area contributed by atoms with Gasteiger partial charge in [-0.05, 0) is 19.5 Å². The van der Waals surface area contributed by atoms with E-state index in [1.165, 1.54) is 6.07 Å². The fourth-order valence-corrected chi connectivity index (χ4v) is 1.37. The van der Waals surface area contributed by atoms with Crippen LogP contribution in [0.3, 0.4) is 0 Å². The Morgan fingerprint density at radius 2 is 2.19 bits per heavy atom. The van der Waals surface area contributed by atoms with Crippen molar-refractivity contribution < 1.29 is 0 Å². The van der Waals surface area contributed by atoms with E-state index in [2.05, 4.69) is 27.5 Å². The largest absolute Gasteiger partial charge is 0.370 e. The van der Waals surface area contributed by atoms with Gasteiger partial charge in [0.2, 0.25) is 0 Å².